The second kappa shape index (κ2) is 7.72. The highest BCUT2D eigenvalue weighted by molar-refractivity contribution is 6.31. The lowest BCUT2D eigenvalue weighted by Crippen LogP contribution is -2.45. The molecule has 27 heavy (non-hydrogen) atoms. The highest BCUT2D eigenvalue weighted by Gasteiger charge is 2.31. The molecular formula is C20H21ClN4O2. The maximum atomic E-state index is 12.9. The van der Waals surface area contributed by atoms with Gasteiger partial charge in [-0.2, -0.15) is 0 Å². The highest BCUT2D eigenvalue weighted by Crippen LogP contribution is 2.29. The molecule has 0 bridgehead atoms. The summed E-state index contributed by atoms with van der Waals surface area (Å²) in [5.41, 5.74) is 3.41. The van der Waals surface area contributed by atoms with Crippen LogP contribution in [0.25, 0.3) is 0 Å². The summed E-state index contributed by atoms with van der Waals surface area (Å²) in [6.07, 6.45) is 0. The molecule has 0 fully saturated rings. The van der Waals surface area contributed by atoms with E-state index in [2.05, 4.69) is 16.0 Å². The van der Waals surface area contributed by atoms with E-state index in [0.717, 1.165) is 11.3 Å². The van der Waals surface area contributed by atoms with Gasteiger partial charge in [0.15, 0.2) is 0 Å². The summed E-state index contributed by atoms with van der Waals surface area (Å²) in [5, 5.41) is 8.88. The zero-order chi connectivity index (χ0) is 19.6. The van der Waals surface area contributed by atoms with Crippen molar-refractivity contribution in [3.63, 3.8) is 0 Å². The van der Waals surface area contributed by atoms with Crippen molar-refractivity contribution in [3.05, 3.63) is 70.4 Å². The van der Waals surface area contributed by atoms with Crippen LogP contribution in [0.5, 0.6) is 0 Å². The highest BCUT2D eigenvalue weighted by atomic mass is 35.5. The Hall–Kier alpha value is -2.99. The van der Waals surface area contributed by atoms with Gasteiger partial charge in [0.1, 0.15) is 0 Å². The normalized spacial score (nSPS) is 16.4. The van der Waals surface area contributed by atoms with Crippen molar-refractivity contribution in [2.45, 2.75) is 13.0 Å². The lowest BCUT2D eigenvalue weighted by atomic mass is 9.94. The molecule has 6 nitrogen and oxygen atoms in total. The first kappa shape index (κ1) is 18.8. The molecule has 7 heteroatoms. The topological polar surface area (TPSA) is 73.5 Å². The third-order valence-electron chi connectivity index (χ3n) is 4.34. The predicted octanol–water partition coefficient (Wildman–Crippen LogP) is 3.67. The smallest absolute Gasteiger partial charge is 0.319 e. The Morgan fingerprint density at radius 1 is 1.15 bits per heavy atom. The molecule has 0 aliphatic carbocycles. The minimum absolute atomic E-state index is 0.302. The zero-order valence-corrected chi connectivity index (χ0v) is 16.1. The van der Waals surface area contributed by atoms with Crippen molar-refractivity contribution in [2.75, 3.05) is 24.3 Å². The van der Waals surface area contributed by atoms with Gasteiger partial charge in [0, 0.05) is 36.2 Å². The first-order valence-corrected chi connectivity index (χ1v) is 8.85. The Kier molecular flexibility index (Phi) is 5.37. The fourth-order valence-electron chi connectivity index (χ4n) is 2.97. The first-order chi connectivity index (χ1) is 12.8. The monoisotopic (exact) mass is 384 g/mol. The summed E-state index contributed by atoms with van der Waals surface area (Å²) in [4.78, 5) is 26.9. The van der Waals surface area contributed by atoms with Crippen molar-refractivity contribution in [1.29, 1.82) is 0 Å². The number of nitrogens with zero attached hydrogens (tertiary/aromatic N) is 1. The summed E-state index contributed by atoms with van der Waals surface area (Å²) in [7, 11) is 3.91. The van der Waals surface area contributed by atoms with Crippen molar-refractivity contribution < 1.29 is 9.59 Å². The van der Waals surface area contributed by atoms with Crippen LogP contribution in [0.15, 0.2) is 59.8 Å². The van der Waals surface area contributed by atoms with Gasteiger partial charge in [-0.1, -0.05) is 29.8 Å². The number of hydrogen-bond acceptors (Lipinski definition) is 3. The molecule has 0 unspecified atom stereocenters. The standard InChI is InChI=1S/C20H21ClN4O2/c1-12-17(19(26)23-15-6-4-5-14(21)11-15)18(24-20(27)22-12)13-7-9-16(10-8-13)25(2)3/h4-11,18H,1-3H3,(H,23,26)(H2,22,24,27)/t18-/m0/s1. The number of hydrogen-bond donors (Lipinski definition) is 3. The van der Waals surface area contributed by atoms with Crippen molar-refractivity contribution in [1.82, 2.24) is 10.6 Å². The Balaban J connectivity index is 1.92. The van der Waals surface area contributed by atoms with Gasteiger partial charge in [0.2, 0.25) is 0 Å². The maximum absolute atomic E-state index is 12.9. The van der Waals surface area contributed by atoms with Gasteiger partial charge < -0.3 is 20.9 Å². The molecule has 2 aromatic carbocycles. The molecule has 0 aromatic heterocycles. The van der Waals surface area contributed by atoms with Crippen molar-refractivity contribution >= 4 is 34.9 Å². The van der Waals surface area contributed by atoms with Crippen molar-refractivity contribution in [3.8, 4) is 0 Å². The van der Waals surface area contributed by atoms with Gasteiger partial charge in [-0.15, -0.1) is 0 Å². The average molecular weight is 385 g/mol. The number of rotatable bonds is 4. The van der Waals surface area contributed by atoms with Gasteiger partial charge in [-0.05, 0) is 42.8 Å². The lowest BCUT2D eigenvalue weighted by Gasteiger charge is -2.29. The zero-order valence-electron chi connectivity index (χ0n) is 15.3. The molecule has 1 aliphatic rings. The number of benzene rings is 2. The SMILES string of the molecule is CC1=C(C(=O)Nc2cccc(Cl)c2)[C@H](c2ccc(N(C)C)cc2)NC(=O)N1. The Morgan fingerprint density at radius 3 is 2.48 bits per heavy atom. The summed E-state index contributed by atoms with van der Waals surface area (Å²) in [6.45, 7) is 1.72. The van der Waals surface area contributed by atoms with E-state index in [0.29, 0.717) is 22.0 Å². The van der Waals surface area contributed by atoms with Crippen LogP contribution in [-0.2, 0) is 4.79 Å². The fraction of sp³-hybridized carbons (Fsp3) is 0.200. The number of halogens is 1. The first-order valence-electron chi connectivity index (χ1n) is 8.47. The number of anilines is 2. The minimum atomic E-state index is -0.547. The second-order valence-electron chi connectivity index (χ2n) is 6.52. The van der Waals surface area contributed by atoms with E-state index < -0.39 is 6.04 Å². The van der Waals surface area contributed by atoms with E-state index in [1.165, 1.54) is 0 Å². The van der Waals surface area contributed by atoms with Gasteiger partial charge >= 0.3 is 6.03 Å². The minimum Gasteiger partial charge on any atom is -0.378 e. The summed E-state index contributed by atoms with van der Waals surface area (Å²) in [6, 6.07) is 13.8. The largest absolute Gasteiger partial charge is 0.378 e. The average Bonchev–Trinajstić information content (AvgIpc) is 2.61. The third-order valence-corrected chi connectivity index (χ3v) is 4.57. The van der Waals surface area contributed by atoms with Crippen LogP contribution in [0.2, 0.25) is 5.02 Å². The number of carbonyl (C=O) groups is 2. The lowest BCUT2D eigenvalue weighted by molar-refractivity contribution is -0.113. The molecule has 1 heterocycles. The molecule has 3 N–H and O–H groups in total. The molecule has 140 valence electrons. The molecular weight excluding hydrogens is 364 g/mol. The van der Waals surface area contributed by atoms with Gasteiger partial charge in [-0.25, -0.2) is 4.79 Å². The van der Waals surface area contributed by atoms with Gasteiger partial charge in [-0.3, -0.25) is 4.79 Å². The maximum Gasteiger partial charge on any atom is 0.319 e. The summed E-state index contributed by atoms with van der Waals surface area (Å²) < 4.78 is 0. The number of allylic oxidation sites excluding steroid dienone is 1. The van der Waals surface area contributed by atoms with Gasteiger partial charge in [0.05, 0.1) is 11.6 Å². The van der Waals surface area contributed by atoms with Crippen LogP contribution >= 0.6 is 11.6 Å². The molecule has 0 saturated carbocycles. The van der Waals surface area contributed by atoms with Crippen LogP contribution < -0.4 is 20.9 Å². The fourth-order valence-corrected chi connectivity index (χ4v) is 3.16. The number of amides is 3. The van der Waals surface area contributed by atoms with E-state index in [1.807, 2.05) is 43.3 Å². The van der Waals surface area contributed by atoms with Gasteiger partial charge in [0.25, 0.3) is 5.91 Å². The summed E-state index contributed by atoms with van der Waals surface area (Å²) in [5.74, 6) is -0.302. The molecule has 3 amide bonds. The van der Waals surface area contributed by atoms with Crippen molar-refractivity contribution in [2.24, 2.45) is 0 Å². The van der Waals surface area contributed by atoms with E-state index in [4.69, 9.17) is 11.6 Å². The summed E-state index contributed by atoms with van der Waals surface area (Å²) >= 11 is 5.99. The number of nitrogens with one attached hydrogen (secondary N) is 3. The number of carbonyl (C=O) groups excluding carboxylic acids is 2. The van der Waals surface area contributed by atoms with Crippen LogP contribution in [0.3, 0.4) is 0 Å². The van der Waals surface area contributed by atoms with E-state index in [9.17, 15) is 9.59 Å². The Bertz CT molecular complexity index is 906. The van der Waals surface area contributed by atoms with Crippen LogP contribution in [0.4, 0.5) is 16.2 Å². The quantitative estimate of drug-likeness (QED) is 0.753. The van der Waals surface area contributed by atoms with E-state index >= 15 is 0 Å². The number of urea groups is 1. The molecule has 1 atom stereocenters. The third kappa shape index (κ3) is 4.23. The van der Waals surface area contributed by atoms with Crippen LogP contribution in [0, 0.1) is 0 Å². The van der Waals surface area contributed by atoms with Crippen LogP contribution in [-0.4, -0.2) is 26.0 Å². The molecule has 2 aromatic rings. The predicted molar refractivity (Wildman–Crippen MR) is 108 cm³/mol. The second-order valence-corrected chi connectivity index (χ2v) is 6.96. The Labute approximate surface area is 163 Å². The van der Waals surface area contributed by atoms with Crippen LogP contribution in [0.1, 0.15) is 18.5 Å². The van der Waals surface area contributed by atoms with E-state index in [-0.39, 0.29) is 11.9 Å². The Morgan fingerprint density at radius 2 is 1.85 bits per heavy atom. The molecule has 3 rings (SSSR count). The molecule has 0 saturated heterocycles. The molecule has 1 aliphatic heterocycles. The van der Waals surface area contributed by atoms with E-state index in [1.54, 1.807) is 31.2 Å². The molecule has 0 spiro atoms. The molecule has 0 radical (unpaired) electrons.